The Bertz CT molecular complexity index is 1580. The van der Waals surface area contributed by atoms with Crippen molar-refractivity contribution >= 4 is 35.1 Å². The van der Waals surface area contributed by atoms with E-state index in [4.69, 9.17) is 4.74 Å². The molecule has 1 aliphatic heterocycles. The normalized spacial score (nSPS) is 15.0. The van der Waals surface area contributed by atoms with Crippen molar-refractivity contribution in [3.63, 3.8) is 0 Å². The number of amides is 3. The molecule has 2 heterocycles. The van der Waals surface area contributed by atoms with E-state index in [1.807, 2.05) is 36.4 Å². The maximum absolute atomic E-state index is 13.7. The average molecular weight is 565 g/mol. The van der Waals surface area contributed by atoms with Crippen LogP contribution in [0.25, 0.3) is 0 Å². The third-order valence-corrected chi connectivity index (χ3v) is 6.81. The number of nitrogens with zero attached hydrogens (tertiary/aromatic N) is 2. The standard InChI is InChI=1S/C32H28N4O6/c37-29-18-28(21-8-3-1-4-9-21)36(30(38)20-42-24-11-5-2-6-12-24)27-14-13-22(16-26(27)34-29)32(41)35-25(17-31(39)40)23-10-7-15-33-19-23/h1-16,19,25,28H,17-18,20H2,(H,34,37)(H,35,41)(H,39,40). The van der Waals surface area contributed by atoms with Crippen molar-refractivity contribution in [1.82, 2.24) is 10.3 Å². The summed E-state index contributed by atoms with van der Waals surface area (Å²) in [5, 5.41) is 15.0. The van der Waals surface area contributed by atoms with E-state index in [0.717, 1.165) is 5.56 Å². The zero-order valence-corrected chi connectivity index (χ0v) is 22.5. The molecule has 0 saturated carbocycles. The van der Waals surface area contributed by atoms with E-state index in [0.29, 0.717) is 17.0 Å². The second-order valence-electron chi connectivity index (χ2n) is 9.69. The van der Waals surface area contributed by atoms with E-state index >= 15 is 0 Å². The zero-order chi connectivity index (χ0) is 29.5. The Morgan fingerprint density at radius 2 is 1.74 bits per heavy atom. The lowest BCUT2D eigenvalue weighted by molar-refractivity contribution is -0.137. The van der Waals surface area contributed by atoms with E-state index in [9.17, 15) is 24.3 Å². The first-order chi connectivity index (χ1) is 20.4. The number of para-hydroxylation sites is 1. The van der Waals surface area contributed by atoms with Crippen LogP contribution in [0.5, 0.6) is 5.75 Å². The molecule has 2 atom stereocenters. The maximum atomic E-state index is 13.7. The number of carboxylic acids is 1. The van der Waals surface area contributed by atoms with E-state index in [1.165, 1.54) is 23.2 Å². The van der Waals surface area contributed by atoms with E-state index in [2.05, 4.69) is 15.6 Å². The molecule has 1 aliphatic rings. The van der Waals surface area contributed by atoms with Crippen LogP contribution in [0.15, 0.2) is 103 Å². The first-order valence-corrected chi connectivity index (χ1v) is 13.3. The first-order valence-electron chi connectivity index (χ1n) is 13.3. The van der Waals surface area contributed by atoms with Crippen molar-refractivity contribution in [2.24, 2.45) is 0 Å². The Kier molecular flexibility index (Phi) is 8.53. The number of rotatable bonds is 9. The molecule has 3 aromatic carbocycles. The van der Waals surface area contributed by atoms with Gasteiger partial charge in [-0.25, -0.2) is 0 Å². The number of carbonyl (C=O) groups excluding carboxylic acids is 3. The van der Waals surface area contributed by atoms with Gasteiger partial charge in [-0.3, -0.25) is 29.1 Å². The van der Waals surface area contributed by atoms with Crippen LogP contribution in [0.4, 0.5) is 11.4 Å². The Morgan fingerprint density at radius 3 is 2.43 bits per heavy atom. The number of hydrogen-bond acceptors (Lipinski definition) is 6. The summed E-state index contributed by atoms with van der Waals surface area (Å²) in [5.41, 5.74) is 2.16. The minimum Gasteiger partial charge on any atom is -0.484 e. The van der Waals surface area contributed by atoms with Crippen LogP contribution in [-0.2, 0) is 14.4 Å². The van der Waals surface area contributed by atoms with Gasteiger partial charge in [0.1, 0.15) is 5.75 Å². The molecule has 0 spiro atoms. The Morgan fingerprint density at radius 1 is 1.00 bits per heavy atom. The third-order valence-electron chi connectivity index (χ3n) is 6.81. The minimum atomic E-state index is -1.09. The fourth-order valence-electron chi connectivity index (χ4n) is 4.86. The van der Waals surface area contributed by atoms with Crippen molar-refractivity contribution in [3.8, 4) is 5.75 Å². The molecule has 2 unspecified atom stereocenters. The second-order valence-corrected chi connectivity index (χ2v) is 9.69. The number of benzene rings is 3. The number of anilines is 2. The molecule has 0 saturated heterocycles. The van der Waals surface area contributed by atoms with Crippen LogP contribution in [0.3, 0.4) is 0 Å². The molecule has 3 amide bonds. The van der Waals surface area contributed by atoms with Crippen molar-refractivity contribution in [2.75, 3.05) is 16.8 Å². The fraction of sp³-hybridized carbons (Fsp3) is 0.156. The maximum Gasteiger partial charge on any atom is 0.305 e. The second kappa shape index (κ2) is 12.8. The quantitative estimate of drug-likeness (QED) is 0.272. The number of nitrogens with one attached hydrogen (secondary N) is 2. The van der Waals surface area contributed by atoms with Crippen LogP contribution in [0.1, 0.15) is 46.4 Å². The minimum absolute atomic E-state index is 0.0149. The van der Waals surface area contributed by atoms with Crippen molar-refractivity contribution in [3.05, 3.63) is 120 Å². The summed E-state index contributed by atoms with van der Waals surface area (Å²) in [6, 6.07) is 24.7. The van der Waals surface area contributed by atoms with Gasteiger partial charge in [-0.2, -0.15) is 0 Å². The summed E-state index contributed by atoms with van der Waals surface area (Å²) in [4.78, 5) is 57.1. The van der Waals surface area contributed by atoms with E-state index < -0.39 is 24.0 Å². The molecule has 10 nitrogen and oxygen atoms in total. The van der Waals surface area contributed by atoms with Crippen molar-refractivity contribution < 1.29 is 29.0 Å². The predicted molar refractivity (Wildman–Crippen MR) is 155 cm³/mol. The molecule has 0 aliphatic carbocycles. The monoisotopic (exact) mass is 564 g/mol. The summed E-state index contributed by atoms with van der Waals surface area (Å²) in [6.07, 6.45) is 2.69. The number of fused-ring (bicyclic) bond motifs is 1. The molecule has 0 bridgehead atoms. The SMILES string of the molecule is O=C(O)CC(NC(=O)c1ccc2c(c1)NC(=O)CC(c1ccccc1)N2C(=O)COc1ccccc1)c1cccnc1. The molecule has 1 aromatic heterocycles. The lowest BCUT2D eigenvalue weighted by atomic mass is 10.0. The zero-order valence-electron chi connectivity index (χ0n) is 22.5. The molecular weight excluding hydrogens is 536 g/mol. The van der Waals surface area contributed by atoms with Gasteiger partial charge in [-0.05, 0) is 47.5 Å². The van der Waals surface area contributed by atoms with Gasteiger partial charge in [0.2, 0.25) is 5.91 Å². The average Bonchev–Trinajstić information content (AvgIpc) is 3.16. The molecule has 212 valence electrons. The fourth-order valence-corrected chi connectivity index (χ4v) is 4.86. The van der Waals surface area contributed by atoms with Gasteiger partial charge in [0.15, 0.2) is 6.61 Å². The summed E-state index contributed by atoms with van der Waals surface area (Å²) in [5.74, 6) is -1.81. The van der Waals surface area contributed by atoms with Gasteiger partial charge in [0, 0.05) is 18.0 Å². The molecule has 10 heteroatoms. The molecule has 4 aromatic rings. The summed E-state index contributed by atoms with van der Waals surface area (Å²) in [6.45, 7) is -0.273. The number of hydrogen-bond donors (Lipinski definition) is 3. The topological polar surface area (TPSA) is 138 Å². The van der Waals surface area contributed by atoms with Gasteiger partial charge in [0.05, 0.1) is 36.3 Å². The molecule has 0 radical (unpaired) electrons. The molecule has 5 rings (SSSR count). The van der Waals surface area contributed by atoms with Gasteiger partial charge < -0.3 is 20.5 Å². The van der Waals surface area contributed by atoms with Crippen molar-refractivity contribution in [1.29, 1.82) is 0 Å². The number of carboxylic acid groups (broad SMARTS) is 1. The highest BCUT2D eigenvalue weighted by Gasteiger charge is 2.34. The number of pyridine rings is 1. The Labute approximate surface area is 242 Å². The van der Waals surface area contributed by atoms with Crippen LogP contribution >= 0.6 is 0 Å². The van der Waals surface area contributed by atoms with E-state index in [1.54, 1.807) is 48.7 Å². The number of aromatic nitrogens is 1. The molecular formula is C32H28N4O6. The van der Waals surface area contributed by atoms with Gasteiger partial charge in [0.25, 0.3) is 11.8 Å². The van der Waals surface area contributed by atoms with Crippen LogP contribution in [0, 0.1) is 0 Å². The van der Waals surface area contributed by atoms with Crippen LogP contribution in [0.2, 0.25) is 0 Å². The number of carbonyl (C=O) groups is 4. The lowest BCUT2D eigenvalue weighted by Gasteiger charge is -2.31. The first kappa shape index (κ1) is 28.0. The van der Waals surface area contributed by atoms with E-state index in [-0.39, 0.29) is 42.5 Å². The highest BCUT2D eigenvalue weighted by Crippen LogP contribution is 2.39. The lowest BCUT2D eigenvalue weighted by Crippen LogP contribution is -2.38. The van der Waals surface area contributed by atoms with Crippen LogP contribution in [-0.4, -0.2) is 40.4 Å². The summed E-state index contributed by atoms with van der Waals surface area (Å²) in [7, 11) is 0. The van der Waals surface area contributed by atoms with Crippen LogP contribution < -0.4 is 20.3 Å². The summed E-state index contributed by atoms with van der Waals surface area (Å²) < 4.78 is 5.75. The van der Waals surface area contributed by atoms with Gasteiger partial charge in [-0.15, -0.1) is 0 Å². The largest absolute Gasteiger partial charge is 0.484 e. The smallest absolute Gasteiger partial charge is 0.305 e. The summed E-state index contributed by atoms with van der Waals surface area (Å²) >= 11 is 0. The van der Waals surface area contributed by atoms with Gasteiger partial charge in [-0.1, -0.05) is 54.6 Å². The number of ether oxygens (including phenoxy) is 1. The molecule has 3 N–H and O–H groups in total. The highest BCUT2D eigenvalue weighted by molar-refractivity contribution is 6.07. The molecule has 42 heavy (non-hydrogen) atoms. The number of aliphatic carboxylic acids is 1. The highest BCUT2D eigenvalue weighted by atomic mass is 16.5. The van der Waals surface area contributed by atoms with Gasteiger partial charge >= 0.3 is 5.97 Å². The third kappa shape index (κ3) is 6.61. The Hall–Kier alpha value is -5.51. The molecule has 0 fully saturated rings. The predicted octanol–water partition coefficient (Wildman–Crippen LogP) is 4.52. The van der Waals surface area contributed by atoms with Crippen molar-refractivity contribution in [2.45, 2.75) is 24.9 Å². The Balaban J connectivity index is 1.47.